The molecule has 0 aromatic heterocycles. The lowest BCUT2D eigenvalue weighted by Crippen LogP contribution is -2.41. The summed E-state index contributed by atoms with van der Waals surface area (Å²) in [5.41, 5.74) is 6.21. The first-order valence-electron chi connectivity index (χ1n) is 10.8. The van der Waals surface area contributed by atoms with Crippen LogP contribution in [0.1, 0.15) is 38.8 Å². The lowest BCUT2D eigenvalue weighted by Gasteiger charge is -2.13. The van der Waals surface area contributed by atoms with Gasteiger partial charge in [0.15, 0.2) is 11.5 Å². The molecular weight excluding hydrogens is 470 g/mol. The first-order valence-corrected chi connectivity index (χ1v) is 12.3. The second-order valence-electron chi connectivity index (χ2n) is 7.50. The highest BCUT2D eigenvalue weighted by Crippen LogP contribution is 2.28. The molecule has 0 aliphatic heterocycles. The Morgan fingerprint density at radius 3 is 2.11 bits per heavy atom. The van der Waals surface area contributed by atoms with Crippen molar-refractivity contribution in [1.29, 1.82) is 0 Å². The van der Waals surface area contributed by atoms with Gasteiger partial charge in [0.1, 0.15) is 0 Å². The number of hydrogen-bond donors (Lipinski definition) is 3. The summed E-state index contributed by atoms with van der Waals surface area (Å²) in [5, 5.41) is 0. The molecule has 2 amide bonds. The third kappa shape index (κ3) is 6.58. The molecule has 0 fully saturated rings. The van der Waals surface area contributed by atoms with E-state index in [-0.39, 0.29) is 22.6 Å². The zero-order chi connectivity index (χ0) is 25.4. The van der Waals surface area contributed by atoms with Crippen LogP contribution in [-0.4, -0.2) is 33.9 Å². The quantitative estimate of drug-likeness (QED) is 0.391. The summed E-state index contributed by atoms with van der Waals surface area (Å²) >= 11 is 0. The first-order chi connectivity index (χ1) is 16.7. The van der Waals surface area contributed by atoms with Crippen LogP contribution in [0.15, 0.2) is 71.6 Å². The molecule has 0 radical (unpaired) electrons. The van der Waals surface area contributed by atoms with Crippen LogP contribution < -0.4 is 25.0 Å². The Hall–Kier alpha value is -3.89. The topological polar surface area (TPSA) is 123 Å². The van der Waals surface area contributed by atoms with Gasteiger partial charge < -0.3 is 9.47 Å². The lowest BCUT2D eigenvalue weighted by atomic mass is 10.1. The normalized spacial score (nSPS) is 10.9. The van der Waals surface area contributed by atoms with Crippen LogP contribution in [0.5, 0.6) is 11.5 Å². The van der Waals surface area contributed by atoms with E-state index >= 15 is 0 Å². The van der Waals surface area contributed by atoms with Crippen LogP contribution in [0.2, 0.25) is 0 Å². The second kappa shape index (κ2) is 11.5. The lowest BCUT2D eigenvalue weighted by molar-refractivity contribution is 0.0846. The summed E-state index contributed by atoms with van der Waals surface area (Å²) in [5.74, 6) is -0.382. The Kier molecular flexibility index (Phi) is 8.45. The van der Waals surface area contributed by atoms with Crippen molar-refractivity contribution in [2.45, 2.75) is 25.3 Å². The zero-order valence-electron chi connectivity index (χ0n) is 19.6. The van der Waals surface area contributed by atoms with E-state index in [1.807, 2.05) is 37.3 Å². The summed E-state index contributed by atoms with van der Waals surface area (Å²) in [6.07, 6.45) is 0. The molecule has 3 aromatic rings. The van der Waals surface area contributed by atoms with Crippen molar-refractivity contribution in [3.63, 3.8) is 0 Å². The Morgan fingerprint density at radius 1 is 0.857 bits per heavy atom. The minimum atomic E-state index is -3.88. The summed E-state index contributed by atoms with van der Waals surface area (Å²) in [4.78, 5) is 25.1. The number of hydrazine groups is 1. The van der Waals surface area contributed by atoms with Gasteiger partial charge in [0.05, 0.1) is 18.6 Å². The molecule has 0 saturated carbocycles. The molecule has 3 rings (SSSR count). The summed E-state index contributed by atoms with van der Waals surface area (Å²) in [6, 6.07) is 18.0. The number of sulfonamides is 1. The van der Waals surface area contributed by atoms with Crippen LogP contribution in [0, 0.1) is 6.92 Å². The maximum Gasteiger partial charge on any atom is 0.269 e. The maximum atomic E-state index is 12.9. The zero-order valence-corrected chi connectivity index (χ0v) is 20.4. The highest BCUT2D eigenvalue weighted by Gasteiger charge is 2.20. The third-order valence-electron chi connectivity index (χ3n) is 5.06. The van der Waals surface area contributed by atoms with Gasteiger partial charge >= 0.3 is 0 Å². The fourth-order valence-corrected chi connectivity index (χ4v) is 4.51. The van der Waals surface area contributed by atoms with E-state index < -0.39 is 21.8 Å². The number of ether oxygens (including phenoxy) is 2. The van der Waals surface area contributed by atoms with E-state index in [0.717, 1.165) is 5.56 Å². The van der Waals surface area contributed by atoms with E-state index in [4.69, 9.17) is 9.47 Å². The van der Waals surface area contributed by atoms with E-state index in [1.54, 1.807) is 13.0 Å². The van der Waals surface area contributed by atoms with Gasteiger partial charge in [-0.15, -0.1) is 0 Å². The fourth-order valence-electron chi connectivity index (χ4n) is 3.22. The van der Waals surface area contributed by atoms with Crippen molar-refractivity contribution in [1.82, 2.24) is 15.6 Å². The van der Waals surface area contributed by atoms with Crippen LogP contribution >= 0.6 is 0 Å². The predicted octanol–water partition coefficient (Wildman–Crippen LogP) is 2.96. The highest BCUT2D eigenvalue weighted by atomic mass is 32.2. The number of carbonyl (C=O) groups excluding carboxylic acids is 2. The molecule has 0 heterocycles. The molecule has 0 spiro atoms. The van der Waals surface area contributed by atoms with Gasteiger partial charge in [-0.25, -0.2) is 13.1 Å². The van der Waals surface area contributed by atoms with Crippen molar-refractivity contribution < 1.29 is 27.5 Å². The molecule has 0 unspecified atom stereocenters. The monoisotopic (exact) mass is 497 g/mol. The fraction of sp³-hybridized carbons (Fsp3) is 0.200. The third-order valence-corrected chi connectivity index (χ3v) is 6.61. The Bertz CT molecular complexity index is 1310. The van der Waals surface area contributed by atoms with Crippen molar-refractivity contribution in [3.05, 3.63) is 89.0 Å². The smallest absolute Gasteiger partial charge is 0.269 e. The summed E-state index contributed by atoms with van der Waals surface area (Å²) in [6.45, 7) is 4.02. The van der Waals surface area contributed by atoms with Crippen LogP contribution in [0.25, 0.3) is 0 Å². The number of nitrogens with one attached hydrogen (secondary N) is 3. The molecule has 184 valence electrons. The number of rotatable bonds is 9. The van der Waals surface area contributed by atoms with Crippen molar-refractivity contribution >= 4 is 21.8 Å². The van der Waals surface area contributed by atoms with Crippen LogP contribution in [0.3, 0.4) is 0 Å². The second-order valence-corrected chi connectivity index (χ2v) is 9.23. The predicted molar refractivity (Wildman–Crippen MR) is 131 cm³/mol. The first kappa shape index (κ1) is 25.7. The van der Waals surface area contributed by atoms with Gasteiger partial charge in [-0.1, -0.05) is 36.4 Å². The van der Waals surface area contributed by atoms with Gasteiger partial charge in [-0.3, -0.25) is 20.4 Å². The van der Waals surface area contributed by atoms with E-state index in [9.17, 15) is 18.0 Å². The average Bonchev–Trinajstić information content (AvgIpc) is 2.87. The van der Waals surface area contributed by atoms with E-state index in [1.165, 1.54) is 37.4 Å². The van der Waals surface area contributed by atoms with Crippen molar-refractivity contribution in [3.8, 4) is 11.5 Å². The van der Waals surface area contributed by atoms with Crippen LogP contribution in [0.4, 0.5) is 0 Å². The molecule has 0 aliphatic rings. The molecular formula is C25H27N3O6S. The standard InChI is InChI=1S/C25H27N3O6S/c1-4-34-21-13-12-19(14-22(21)33-3)24(29)27-28-25(30)20-11-10-17(2)23(15-20)35(31,32)26-16-18-8-6-5-7-9-18/h5-15,26H,4,16H2,1-3H3,(H,27,29)(H,28,30). The van der Waals surface area contributed by atoms with Gasteiger partial charge in [0, 0.05) is 17.7 Å². The minimum absolute atomic E-state index is 0.0244. The van der Waals surface area contributed by atoms with Gasteiger partial charge in [0.25, 0.3) is 11.8 Å². The number of hydrogen-bond acceptors (Lipinski definition) is 6. The SMILES string of the molecule is CCOc1ccc(C(=O)NNC(=O)c2ccc(C)c(S(=O)(=O)NCc3ccccc3)c2)cc1OC. The molecule has 10 heteroatoms. The molecule has 0 atom stereocenters. The van der Waals surface area contributed by atoms with Crippen molar-refractivity contribution in [2.24, 2.45) is 0 Å². The Morgan fingerprint density at radius 2 is 1.49 bits per heavy atom. The van der Waals surface area contributed by atoms with Crippen molar-refractivity contribution in [2.75, 3.05) is 13.7 Å². The van der Waals surface area contributed by atoms with Crippen LogP contribution in [-0.2, 0) is 16.6 Å². The molecule has 35 heavy (non-hydrogen) atoms. The summed E-state index contributed by atoms with van der Waals surface area (Å²) < 4.78 is 38.9. The van der Waals surface area contributed by atoms with Gasteiger partial charge in [-0.05, 0) is 55.3 Å². The molecule has 0 bridgehead atoms. The van der Waals surface area contributed by atoms with E-state index in [2.05, 4.69) is 15.6 Å². The minimum Gasteiger partial charge on any atom is -0.493 e. The molecule has 0 aliphatic carbocycles. The van der Waals surface area contributed by atoms with E-state index in [0.29, 0.717) is 23.7 Å². The molecule has 9 nitrogen and oxygen atoms in total. The number of methoxy groups -OCH3 is 1. The number of carbonyl (C=O) groups is 2. The summed E-state index contributed by atoms with van der Waals surface area (Å²) in [7, 11) is -2.42. The molecule has 3 aromatic carbocycles. The molecule has 3 N–H and O–H groups in total. The maximum absolute atomic E-state index is 12.9. The molecule has 0 saturated heterocycles. The number of benzene rings is 3. The highest BCUT2D eigenvalue weighted by molar-refractivity contribution is 7.89. The average molecular weight is 498 g/mol. The number of aryl methyl sites for hydroxylation is 1. The largest absolute Gasteiger partial charge is 0.493 e. The van der Waals surface area contributed by atoms with Gasteiger partial charge in [0.2, 0.25) is 10.0 Å². The van der Waals surface area contributed by atoms with Gasteiger partial charge in [-0.2, -0.15) is 0 Å². The Balaban J connectivity index is 1.69. The number of amides is 2. The Labute approximate surface area is 204 Å².